The quantitative estimate of drug-likeness (QED) is 0.406. The monoisotopic (exact) mass is 489 g/mol. The van der Waals surface area contributed by atoms with Crippen LogP contribution in [-0.4, -0.2) is 35.3 Å². The van der Waals surface area contributed by atoms with Crippen LogP contribution >= 0.6 is 0 Å². The maximum atomic E-state index is 14.0. The number of para-hydroxylation sites is 1. The van der Waals surface area contributed by atoms with E-state index >= 15 is 0 Å². The summed E-state index contributed by atoms with van der Waals surface area (Å²) in [7, 11) is 0. The maximum absolute atomic E-state index is 14.0. The zero-order valence-corrected chi connectivity index (χ0v) is 20.2. The molecule has 6 heteroatoms. The zero-order chi connectivity index (χ0) is 25.6. The van der Waals surface area contributed by atoms with Crippen LogP contribution in [0.2, 0.25) is 0 Å². The molecule has 2 atom stereocenters. The van der Waals surface area contributed by atoms with Gasteiger partial charge in [-0.05, 0) is 17.2 Å². The van der Waals surface area contributed by atoms with Gasteiger partial charge in [0.25, 0.3) is 5.91 Å². The summed E-state index contributed by atoms with van der Waals surface area (Å²) in [4.78, 5) is 34.0. The number of nitrogens with one attached hydrogen (secondary N) is 1. The first-order valence-electron chi connectivity index (χ1n) is 12.2. The van der Waals surface area contributed by atoms with E-state index in [2.05, 4.69) is 5.32 Å². The molecule has 0 aliphatic carbocycles. The third-order valence-corrected chi connectivity index (χ3v) is 6.38. The van der Waals surface area contributed by atoms with Crippen LogP contribution in [0, 0.1) is 0 Å². The lowest BCUT2D eigenvalue weighted by molar-refractivity contribution is -0.127. The molecule has 0 saturated heterocycles. The molecule has 0 spiro atoms. The van der Waals surface area contributed by atoms with Crippen molar-refractivity contribution in [3.05, 3.63) is 138 Å². The Bertz CT molecular complexity index is 1410. The molecule has 0 aromatic heterocycles. The van der Waals surface area contributed by atoms with E-state index in [9.17, 15) is 14.7 Å². The second-order valence-corrected chi connectivity index (χ2v) is 8.78. The molecule has 1 aliphatic heterocycles. The number of fused-ring (bicyclic) bond motifs is 1. The summed E-state index contributed by atoms with van der Waals surface area (Å²) in [5.74, 6) is -0.761. The number of aliphatic imine (C=N–C) groups is 1. The fraction of sp³-hybridized carbons (Fsp3) is 0.129. The van der Waals surface area contributed by atoms with Crippen LogP contribution in [0.3, 0.4) is 0 Å². The minimum absolute atomic E-state index is 0.321. The summed E-state index contributed by atoms with van der Waals surface area (Å²) < 4.78 is 0. The molecule has 0 radical (unpaired) electrons. The van der Waals surface area contributed by atoms with Crippen molar-refractivity contribution in [3.63, 3.8) is 0 Å². The summed E-state index contributed by atoms with van der Waals surface area (Å²) in [5.41, 5.74) is 4.32. The predicted octanol–water partition coefficient (Wildman–Crippen LogP) is 4.29. The molecule has 2 N–H and O–H groups in total. The van der Waals surface area contributed by atoms with Gasteiger partial charge >= 0.3 is 0 Å². The van der Waals surface area contributed by atoms with Gasteiger partial charge in [0.05, 0.1) is 18.0 Å². The number of carbonyl (C=O) groups is 2. The second-order valence-electron chi connectivity index (χ2n) is 8.78. The third-order valence-electron chi connectivity index (χ3n) is 6.38. The molecule has 184 valence electrons. The number of benzene rings is 4. The number of benzodiazepines with no additional fused rings is 1. The number of anilines is 1. The lowest BCUT2D eigenvalue weighted by Gasteiger charge is -2.32. The van der Waals surface area contributed by atoms with Crippen molar-refractivity contribution < 1.29 is 14.7 Å². The molecule has 37 heavy (non-hydrogen) atoms. The minimum Gasteiger partial charge on any atom is -0.394 e. The van der Waals surface area contributed by atoms with Gasteiger partial charge < -0.3 is 10.4 Å². The smallest absolute Gasteiger partial charge is 0.255 e. The number of nitrogens with zero attached hydrogens (tertiary/aromatic N) is 2. The van der Waals surface area contributed by atoms with Gasteiger partial charge in [-0.15, -0.1) is 0 Å². The molecule has 4 aromatic carbocycles. The van der Waals surface area contributed by atoms with Gasteiger partial charge in [-0.1, -0.05) is 109 Å². The SMILES string of the molecule is O=C(NCc1ccccc1)[C@H](c1ccccc1)N1C(=O)[C@@H](CO)N=C(c2ccccc2)c2ccccc21. The molecular weight excluding hydrogens is 462 g/mol. The lowest BCUT2D eigenvalue weighted by atomic mass is 9.98. The minimum atomic E-state index is -1.06. The predicted molar refractivity (Wildman–Crippen MR) is 144 cm³/mol. The Morgan fingerprint density at radius 3 is 2.11 bits per heavy atom. The van der Waals surface area contributed by atoms with E-state index in [0.717, 1.165) is 16.7 Å². The van der Waals surface area contributed by atoms with E-state index in [1.165, 1.54) is 4.90 Å². The third kappa shape index (κ3) is 5.06. The van der Waals surface area contributed by atoms with E-state index in [0.29, 0.717) is 23.5 Å². The van der Waals surface area contributed by atoms with Gasteiger partial charge in [0.15, 0.2) is 6.04 Å². The van der Waals surface area contributed by atoms with Gasteiger partial charge in [0.2, 0.25) is 5.91 Å². The largest absolute Gasteiger partial charge is 0.394 e. The van der Waals surface area contributed by atoms with Crippen LogP contribution in [0.15, 0.2) is 120 Å². The number of aliphatic hydroxyl groups is 1. The molecule has 0 bridgehead atoms. The number of amides is 2. The highest BCUT2D eigenvalue weighted by Crippen LogP contribution is 2.35. The summed E-state index contributed by atoms with van der Waals surface area (Å²) >= 11 is 0. The summed E-state index contributed by atoms with van der Waals surface area (Å²) in [5, 5.41) is 13.2. The van der Waals surface area contributed by atoms with Crippen molar-refractivity contribution in [2.75, 3.05) is 11.5 Å². The Morgan fingerprint density at radius 2 is 1.43 bits per heavy atom. The van der Waals surface area contributed by atoms with Crippen molar-refractivity contribution in [3.8, 4) is 0 Å². The second kappa shape index (κ2) is 11.0. The first-order valence-corrected chi connectivity index (χ1v) is 12.2. The Morgan fingerprint density at radius 1 is 0.838 bits per heavy atom. The topological polar surface area (TPSA) is 82.0 Å². The van der Waals surface area contributed by atoms with Crippen LogP contribution in [0.25, 0.3) is 0 Å². The van der Waals surface area contributed by atoms with E-state index < -0.39 is 24.6 Å². The zero-order valence-electron chi connectivity index (χ0n) is 20.2. The molecule has 1 aliphatic rings. The average molecular weight is 490 g/mol. The van der Waals surface area contributed by atoms with Crippen LogP contribution in [-0.2, 0) is 16.1 Å². The van der Waals surface area contributed by atoms with Crippen molar-refractivity contribution in [1.82, 2.24) is 5.32 Å². The van der Waals surface area contributed by atoms with E-state index in [1.807, 2.05) is 115 Å². The number of hydrogen-bond acceptors (Lipinski definition) is 4. The van der Waals surface area contributed by atoms with Gasteiger partial charge in [0, 0.05) is 17.7 Å². The van der Waals surface area contributed by atoms with Crippen LogP contribution in [0.5, 0.6) is 0 Å². The Labute approximate surface area is 215 Å². The molecule has 0 fully saturated rings. The van der Waals surface area contributed by atoms with Crippen molar-refractivity contribution in [2.24, 2.45) is 4.99 Å². The molecular formula is C31H27N3O3. The normalized spacial score (nSPS) is 15.8. The van der Waals surface area contributed by atoms with E-state index in [1.54, 1.807) is 0 Å². The molecule has 6 nitrogen and oxygen atoms in total. The highest BCUT2D eigenvalue weighted by atomic mass is 16.3. The summed E-state index contributed by atoms with van der Waals surface area (Å²) in [6, 6.07) is 33.8. The van der Waals surface area contributed by atoms with Gasteiger partial charge in [-0.2, -0.15) is 0 Å². The average Bonchev–Trinajstić information content (AvgIpc) is 3.08. The Hall–Kier alpha value is -4.55. The number of rotatable bonds is 7. The van der Waals surface area contributed by atoms with E-state index in [4.69, 9.17) is 4.99 Å². The molecule has 2 amide bonds. The molecule has 4 aromatic rings. The van der Waals surface area contributed by atoms with Gasteiger partial charge in [0.1, 0.15) is 6.04 Å². The van der Waals surface area contributed by atoms with Gasteiger partial charge in [-0.3, -0.25) is 19.5 Å². The highest BCUT2D eigenvalue weighted by Gasteiger charge is 2.39. The number of carbonyl (C=O) groups excluding carboxylic acids is 2. The van der Waals surface area contributed by atoms with Crippen molar-refractivity contribution >= 4 is 23.2 Å². The number of hydrogen-bond donors (Lipinski definition) is 2. The molecule has 1 heterocycles. The van der Waals surface area contributed by atoms with Crippen LogP contribution in [0.4, 0.5) is 5.69 Å². The van der Waals surface area contributed by atoms with Crippen LogP contribution in [0.1, 0.15) is 28.3 Å². The molecule has 0 saturated carbocycles. The fourth-order valence-corrected chi connectivity index (χ4v) is 4.59. The van der Waals surface area contributed by atoms with Crippen molar-refractivity contribution in [1.29, 1.82) is 0 Å². The fourth-order valence-electron chi connectivity index (χ4n) is 4.59. The Kier molecular flexibility index (Phi) is 7.19. The number of aliphatic hydroxyl groups excluding tert-OH is 1. The standard InChI is InChI=1S/C31H27N3O3/c35-21-26-31(37)34(27-19-11-10-18-25(27)28(33-26)23-14-6-2-7-15-23)29(24-16-8-3-9-17-24)30(36)32-20-22-12-4-1-5-13-22/h1-19,26,29,35H,20-21H2,(H,32,36)/t26-,29+/m1/s1. The maximum Gasteiger partial charge on any atom is 0.255 e. The first kappa shape index (κ1) is 24.2. The summed E-state index contributed by atoms with van der Waals surface area (Å²) in [6.07, 6.45) is 0. The highest BCUT2D eigenvalue weighted by molar-refractivity contribution is 6.21. The summed E-state index contributed by atoms with van der Waals surface area (Å²) in [6.45, 7) is -0.158. The van der Waals surface area contributed by atoms with Crippen LogP contribution < -0.4 is 10.2 Å². The molecule has 5 rings (SSSR count). The van der Waals surface area contributed by atoms with Gasteiger partial charge in [-0.25, -0.2) is 0 Å². The lowest BCUT2D eigenvalue weighted by Crippen LogP contribution is -2.47. The Balaban J connectivity index is 1.62. The van der Waals surface area contributed by atoms with E-state index in [-0.39, 0.29) is 5.91 Å². The van der Waals surface area contributed by atoms with Crippen molar-refractivity contribution in [2.45, 2.75) is 18.6 Å². The molecule has 0 unspecified atom stereocenters. The first-order chi connectivity index (χ1) is 18.2.